The van der Waals surface area contributed by atoms with Gasteiger partial charge >= 0.3 is 17.9 Å². The van der Waals surface area contributed by atoms with Crippen LogP contribution in [-0.4, -0.2) is 69.4 Å². The van der Waals surface area contributed by atoms with Crippen LogP contribution in [0.15, 0.2) is 6.33 Å². The van der Waals surface area contributed by atoms with Crippen molar-refractivity contribution in [2.75, 3.05) is 19.0 Å². The lowest BCUT2D eigenvalue weighted by atomic mass is 10.1. The molecule has 1 aliphatic rings. The molecule has 2 aromatic heterocycles. The number of fused-ring (bicyclic) bond motifs is 1. The number of esters is 3. The molecular formula is C17H20IN5O7. The quantitative estimate of drug-likeness (QED) is 0.244. The first kappa shape index (κ1) is 22.1. The van der Waals surface area contributed by atoms with Crippen LogP contribution in [0.5, 0.6) is 0 Å². The van der Waals surface area contributed by atoms with E-state index in [9.17, 15) is 14.4 Å². The van der Waals surface area contributed by atoms with E-state index in [0.29, 0.717) is 20.8 Å². The van der Waals surface area contributed by atoms with E-state index in [2.05, 4.69) is 20.3 Å². The summed E-state index contributed by atoms with van der Waals surface area (Å²) in [6.45, 7) is 3.51. The van der Waals surface area contributed by atoms with E-state index in [0.717, 1.165) is 0 Å². The second-order valence-corrected chi connectivity index (χ2v) is 7.40. The fourth-order valence-electron chi connectivity index (χ4n) is 3.17. The van der Waals surface area contributed by atoms with E-state index in [-0.39, 0.29) is 6.61 Å². The molecule has 3 rings (SSSR count). The zero-order chi connectivity index (χ0) is 22.0. The minimum Gasteiger partial charge on any atom is -0.463 e. The monoisotopic (exact) mass is 533 g/mol. The smallest absolute Gasteiger partial charge is 0.303 e. The summed E-state index contributed by atoms with van der Waals surface area (Å²) < 4.78 is 23.9. The molecule has 0 saturated carbocycles. The molecule has 2 aromatic rings. The van der Waals surface area contributed by atoms with E-state index in [4.69, 9.17) is 18.9 Å². The predicted molar refractivity (Wildman–Crippen MR) is 109 cm³/mol. The van der Waals surface area contributed by atoms with Crippen LogP contribution in [0, 0.1) is 3.83 Å². The van der Waals surface area contributed by atoms with Gasteiger partial charge in [-0.25, -0.2) is 15.0 Å². The molecule has 0 aromatic carbocycles. The topological polar surface area (TPSA) is 144 Å². The fraction of sp³-hybridized carbons (Fsp3) is 0.529. The van der Waals surface area contributed by atoms with Gasteiger partial charge in [-0.3, -0.25) is 19.0 Å². The standard InChI is InChI=1S/C17H20IN5O7/c1-7(24)27-5-10-12(28-8(2)25)13(29-9(3)26)16(30-10)23-6-20-11-14(19-4)21-17(18)22-15(11)23/h6,10,12-13,16H,5H2,1-4H3,(H,19,21,22)/t10-,12-,13+,16?/m1/s1. The SMILES string of the molecule is CNc1nc(I)nc2c1ncn2C1O[C@H](COC(C)=O)[C@@H](OC(C)=O)[C@@H]1OC(C)=O. The molecule has 30 heavy (non-hydrogen) atoms. The average Bonchev–Trinajstić information content (AvgIpc) is 3.20. The Bertz CT molecular complexity index is 981. The Morgan fingerprint density at radius 1 is 1.13 bits per heavy atom. The van der Waals surface area contributed by atoms with Crippen LogP contribution >= 0.6 is 22.6 Å². The first-order valence-corrected chi connectivity index (χ1v) is 10.00. The molecule has 1 N–H and O–H groups in total. The van der Waals surface area contributed by atoms with Crippen molar-refractivity contribution < 1.29 is 33.3 Å². The molecule has 13 heteroatoms. The first-order chi connectivity index (χ1) is 14.2. The summed E-state index contributed by atoms with van der Waals surface area (Å²) >= 11 is 1.97. The molecule has 3 heterocycles. The predicted octanol–water partition coefficient (Wildman–Crippen LogP) is 0.796. The molecule has 0 aliphatic carbocycles. The summed E-state index contributed by atoms with van der Waals surface area (Å²) in [7, 11) is 1.70. The van der Waals surface area contributed by atoms with Crippen LogP contribution in [0.3, 0.4) is 0 Å². The van der Waals surface area contributed by atoms with E-state index in [1.54, 1.807) is 11.6 Å². The number of carbonyl (C=O) groups excluding carboxylic acids is 3. The Morgan fingerprint density at radius 3 is 2.40 bits per heavy atom. The van der Waals surface area contributed by atoms with Crippen molar-refractivity contribution in [2.45, 2.75) is 45.3 Å². The molecule has 1 aliphatic heterocycles. The highest BCUT2D eigenvalue weighted by Gasteiger charge is 2.51. The van der Waals surface area contributed by atoms with Gasteiger partial charge in [-0.1, -0.05) is 0 Å². The molecule has 1 saturated heterocycles. The van der Waals surface area contributed by atoms with Gasteiger partial charge < -0.3 is 24.3 Å². The van der Waals surface area contributed by atoms with E-state index < -0.39 is 42.4 Å². The Balaban J connectivity index is 2.05. The summed E-state index contributed by atoms with van der Waals surface area (Å²) in [4.78, 5) is 47.7. The van der Waals surface area contributed by atoms with Crippen LogP contribution < -0.4 is 5.32 Å². The van der Waals surface area contributed by atoms with Crippen molar-refractivity contribution in [1.29, 1.82) is 0 Å². The highest BCUT2D eigenvalue weighted by molar-refractivity contribution is 14.1. The van der Waals surface area contributed by atoms with Crippen molar-refractivity contribution >= 4 is 57.5 Å². The number of imidazole rings is 1. The molecule has 0 bridgehead atoms. The van der Waals surface area contributed by atoms with Crippen LogP contribution in [0.4, 0.5) is 5.82 Å². The van der Waals surface area contributed by atoms with Crippen LogP contribution in [0.2, 0.25) is 0 Å². The van der Waals surface area contributed by atoms with Gasteiger partial charge in [0.25, 0.3) is 0 Å². The summed E-state index contributed by atoms with van der Waals surface area (Å²) in [5, 5.41) is 2.95. The largest absolute Gasteiger partial charge is 0.463 e. The molecule has 1 fully saturated rings. The highest BCUT2D eigenvalue weighted by atomic mass is 127. The molecule has 1 unspecified atom stereocenters. The summed E-state index contributed by atoms with van der Waals surface area (Å²) in [5.74, 6) is -1.21. The van der Waals surface area contributed by atoms with E-state index in [1.165, 1.54) is 27.1 Å². The van der Waals surface area contributed by atoms with E-state index >= 15 is 0 Å². The van der Waals surface area contributed by atoms with Gasteiger partial charge in [-0.15, -0.1) is 0 Å². The number of carbonyl (C=O) groups is 3. The number of nitrogens with zero attached hydrogens (tertiary/aromatic N) is 4. The van der Waals surface area contributed by atoms with Crippen molar-refractivity contribution in [3.63, 3.8) is 0 Å². The zero-order valence-electron chi connectivity index (χ0n) is 16.6. The Morgan fingerprint density at radius 2 is 1.80 bits per heavy atom. The number of hydrogen-bond acceptors (Lipinski definition) is 11. The zero-order valence-corrected chi connectivity index (χ0v) is 18.8. The molecule has 0 amide bonds. The maximum atomic E-state index is 11.8. The van der Waals surface area contributed by atoms with Crippen molar-refractivity contribution in [2.24, 2.45) is 0 Å². The van der Waals surface area contributed by atoms with Gasteiger partial charge in [0.15, 0.2) is 39.2 Å². The minimum atomic E-state index is -1.02. The van der Waals surface area contributed by atoms with E-state index in [1.807, 2.05) is 22.6 Å². The van der Waals surface area contributed by atoms with Crippen LogP contribution in [-0.2, 0) is 33.3 Å². The van der Waals surface area contributed by atoms with Gasteiger partial charge in [0, 0.05) is 50.4 Å². The second-order valence-electron chi connectivity index (χ2n) is 6.43. The van der Waals surface area contributed by atoms with Gasteiger partial charge in [0.2, 0.25) is 0 Å². The second kappa shape index (κ2) is 9.07. The molecule has 12 nitrogen and oxygen atoms in total. The van der Waals surface area contributed by atoms with Crippen molar-refractivity contribution in [1.82, 2.24) is 19.5 Å². The van der Waals surface area contributed by atoms with Gasteiger partial charge in [-0.05, 0) is 0 Å². The fourth-order valence-corrected chi connectivity index (χ4v) is 3.64. The Hall–Kier alpha value is -2.55. The number of nitrogens with one attached hydrogen (secondary N) is 1. The number of halogens is 1. The molecule has 162 valence electrons. The third-order valence-electron chi connectivity index (χ3n) is 4.25. The van der Waals surface area contributed by atoms with Crippen molar-refractivity contribution in [3.05, 3.63) is 10.2 Å². The average molecular weight is 533 g/mol. The maximum Gasteiger partial charge on any atom is 0.303 e. The molecule has 4 atom stereocenters. The number of hydrogen-bond donors (Lipinski definition) is 1. The lowest BCUT2D eigenvalue weighted by Crippen LogP contribution is -2.40. The Labute approximate surface area is 184 Å². The number of rotatable bonds is 6. The lowest BCUT2D eigenvalue weighted by molar-refractivity contribution is -0.166. The molecule has 0 spiro atoms. The lowest BCUT2D eigenvalue weighted by Gasteiger charge is -2.23. The van der Waals surface area contributed by atoms with Gasteiger partial charge in [0.05, 0.1) is 6.33 Å². The Kier molecular flexibility index (Phi) is 6.70. The van der Waals surface area contributed by atoms with Crippen molar-refractivity contribution in [3.8, 4) is 0 Å². The number of ether oxygens (including phenoxy) is 4. The number of anilines is 1. The normalized spacial score (nSPS) is 23.2. The highest BCUT2D eigenvalue weighted by Crippen LogP contribution is 2.36. The summed E-state index contributed by atoms with van der Waals surface area (Å²) in [6.07, 6.45) is -2.35. The first-order valence-electron chi connectivity index (χ1n) is 8.92. The summed E-state index contributed by atoms with van der Waals surface area (Å²) in [6, 6.07) is 0. The minimum absolute atomic E-state index is 0.192. The molecule has 0 radical (unpaired) electrons. The van der Waals surface area contributed by atoms with Crippen LogP contribution in [0.25, 0.3) is 11.2 Å². The third kappa shape index (κ3) is 4.61. The van der Waals surface area contributed by atoms with Gasteiger partial charge in [-0.2, -0.15) is 0 Å². The van der Waals surface area contributed by atoms with Gasteiger partial charge in [0.1, 0.15) is 12.7 Å². The summed E-state index contributed by atoms with van der Waals surface area (Å²) in [5.41, 5.74) is 0.908. The maximum absolute atomic E-state index is 11.8. The third-order valence-corrected chi connectivity index (χ3v) is 4.73. The number of aromatic nitrogens is 4. The van der Waals surface area contributed by atoms with Crippen LogP contribution in [0.1, 0.15) is 27.0 Å². The molecular weight excluding hydrogens is 513 g/mol.